The van der Waals surface area contributed by atoms with E-state index in [1.807, 2.05) is 0 Å². The molecule has 0 bridgehead atoms. The molecule has 0 saturated carbocycles. The van der Waals surface area contributed by atoms with Crippen molar-refractivity contribution in [3.05, 3.63) is 46.9 Å². The van der Waals surface area contributed by atoms with Gasteiger partial charge in [-0.15, -0.1) is 0 Å². The molecule has 36 heavy (non-hydrogen) atoms. The summed E-state index contributed by atoms with van der Waals surface area (Å²) in [7, 11) is 8.97. The van der Waals surface area contributed by atoms with Gasteiger partial charge < -0.3 is 43.0 Å². The van der Waals surface area contributed by atoms with Gasteiger partial charge in [-0.25, -0.2) is 0 Å². The van der Waals surface area contributed by atoms with Crippen LogP contribution in [0.5, 0.6) is 34.5 Å². The normalized spacial score (nSPS) is 19.9. The fourth-order valence-electron chi connectivity index (χ4n) is 4.23. The first kappa shape index (κ1) is 25.1. The number of ether oxygens (including phenoxy) is 8. The lowest BCUT2D eigenvalue weighted by atomic mass is 9.93. The van der Waals surface area contributed by atoms with Crippen molar-refractivity contribution in [3.8, 4) is 34.5 Å². The van der Waals surface area contributed by atoms with Gasteiger partial charge in [-0.2, -0.15) is 0 Å². The van der Waals surface area contributed by atoms with E-state index in [0.29, 0.717) is 45.6 Å². The van der Waals surface area contributed by atoms with E-state index in [-0.39, 0.29) is 23.7 Å². The zero-order valence-electron chi connectivity index (χ0n) is 20.9. The number of aliphatic hydroxyl groups is 1. The van der Waals surface area contributed by atoms with Gasteiger partial charge in [-0.05, 0) is 41.5 Å². The monoisotopic (exact) mass is 500 g/mol. The van der Waals surface area contributed by atoms with E-state index < -0.39 is 18.0 Å². The lowest BCUT2D eigenvalue weighted by Crippen LogP contribution is -2.32. The van der Waals surface area contributed by atoms with Crippen LogP contribution in [0.2, 0.25) is 0 Å². The van der Waals surface area contributed by atoms with E-state index in [9.17, 15) is 9.90 Å². The molecular weight excluding hydrogens is 472 g/mol. The number of carbonyl (C=O) groups is 1. The van der Waals surface area contributed by atoms with Gasteiger partial charge in [0.05, 0.1) is 48.2 Å². The molecule has 2 aliphatic rings. The molecule has 2 aromatic rings. The minimum Gasteiger partial charge on any atom is -0.493 e. The lowest BCUT2D eigenvalue weighted by Gasteiger charge is -2.26. The maximum atomic E-state index is 13.8. The fraction of sp³-hybridized carbons (Fsp3) is 0.346. The second-order valence-electron chi connectivity index (χ2n) is 7.87. The van der Waals surface area contributed by atoms with Crippen LogP contribution in [0, 0.1) is 0 Å². The molecule has 1 saturated heterocycles. The van der Waals surface area contributed by atoms with Gasteiger partial charge in [0.15, 0.2) is 40.6 Å². The van der Waals surface area contributed by atoms with Crippen molar-refractivity contribution in [3.63, 3.8) is 0 Å². The van der Waals surface area contributed by atoms with Crippen LogP contribution in [0.1, 0.15) is 11.1 Å². The highest BCUT2D eigenvalue weighted by Crippen LogP contribution is 2.45. The van der Waals surface area contributed by atoms with Crippen LogP contribution in [0.15, 0.2) is 35.8 Å². The molecule has 2 atom stereocenters. The number of aliphatic hydroxyl groups excluding tert-OH is 1. The number of methoxy groups -OCH3 is 6. The molecule has 0 aliphatic carbocycles. The Morgan fingerprint density at radius 1 is 0.806 bits per heavy atom. The summed E-state index contributed by atoms with van der Waals surface area (Å²) >= 11 is 0. The van der Waals surface area contributed by atoms with Crippen molar-refractivity contribution in [2.45, 2.75) is 12.2 Å². The first-order valence-electron chi connectivity index (χ1n) is 11.0. The predicted molar refractivity (Wildman–Crippen MR) is 129 cm³/mol. The molecular formula is C26H28O10. The molecule has 2 heterocycles. The SMILES string of the molecule is COc1cc(/C=C2\O[C@H]3C(=C(c4cc(OC)c(OC)c(OC)c4)C2=O)OC[C@H]3O)cc(OC)c1OC. The van der Waals surface area contributed by atoms with Gasteiger partial charge in [0.1, 0.15) is 12.7 Å². The van der Waals surface area contributed by atoms with Crippen molar-refractivity contribution in [2.24, 2.45) is 0 Å². The molecule has 192 valence electrons. The molecule has 0 amide bonds. The highest BCUT2D eigenvalue weighted by molar-refractivity contribution is 6.30. The van der Waals surface area contributed by atoms with Crippen molar-refractivity contribution in [1.29, 1.82) is 0 Å². The average molecular weight is 501 g/mol. The number of Topliss-reactive ketones (excluding diaryl/α,β-unsaturated/α-hetero) is 1. The second-order valence-corrected chi connectivity index (χ2v) is 7.87. The minimum absolute atomic E-state index is 0.00586. The summed E-state index contributed by atoms with van der Waals surface area (Å²) in [6, 6.07) is 6.67. The first-order chi connectivity index (χ1) is 17.4. The standard InChI is InChI=1S/C26H28O10/c1-29-17-8-13(9-18(30-2)24(17)33-5)7-16-22(28)21(26-23(36-16)15(27)12-35-26)14-10-19(31-3)25(34-6)20(11-14)32-4/h7-11,15,23,27H,12H2,1-6H3/b16-7-/t15-,23-/m1/s1. The van der Waals surface area contributed by atoms with Crippen LogP contribution >= 0.6 is 0 Å². The quantitative estimate of drug-likeness (QED) is 0.543. The molecule has 4 rings (SSSR count). The van der Waals surface area contributed by atoms with Gasteiger partial charge in [0, 0.05) is 0 Å². The third kappa shape index (κ3) is 4.24. The number of carbonyl (C=O) groups excluding carboxylic acids is 1. The summed E-state index contributed by atoms with van der Waals surface area (Å²) in [5.41, 5.74) is 1.25. The predicted octanol–water partition coefficient (Wildman–Crippen LogP) is 2.85. The van der Waals surface area contributed by atoms with E-state index in [4.69, 9.17) is 37.9 Å². The maximum Gasteiger partial charge on any atom is 0.231 e. The van der Waals surface area contributed by atoms with Crippen LogP contribution in [-0.4, -0.2) is 72.4 Å². The van der Waals surface area contributed by atoms with Gasteiger partial charge in [-0.1, -0.05) is 0 Å². The summed E-state index contributed by atoms with van der Waals surface area (Å²) in [5.74, 6) is 2.15. The van der Waals surface area contributed by atoms with Crippen molar-refractivity contribution in [1.82, 2.24) is 0 Å². The van der Waals surface area contributed by atoms with Crippen LogP contribution in [0.25, 0.3) is 11.6 Å². The van der Waals surface area contributed by atoms with E-state index in [2.05, 4.69) is 0 Å². The topological polar surface area (TPSA) is 111 Å². The molecule has 2 aliphatic heterocycles. The van der Waals surface area contributed by atoms with E-state index in [1.165, 1.54) is 42.7 Å². The number of rotatable bonds is 8. The first-order valence-corrected chi connectivity index (χ1v) is 11.0. The number of allylic oxidation sites excluding steroid dienone is 1. The van der Waals surface area contributed by atoms with Crippen molar-refractivity contribution in [2.75, 3.05) is 49.3 Å². The number of fused-ring (bicyclic) bond motifs is 1. The average Bonchev–Trinajstić information content (AvgIpc) is 3.26. The van der Waals surface area contributed by atoms with Gasteiger partial charge in [-0.3, -0.25) is 4.79 Å². The summed E-state index contributed by atoms with van der Waals surface area (Å²) in [4.78, 5) is 13.8. The molecule has 2 aromatic carbocycles. The number of hydrogen-bond acceptors (Lipinski definition) is 10. The van der Waals surface area contributed by atoms with Gasteiger partial charge in [0.25, 0.3) is 0 Å². The molecule has 1 N–H and O–H groups in total. The summed E-state index contributed by atoms with van der Waals surface area (Å²) < 4.78 is 44.2. The van der Waals surface area contributed by atoms with Crippen LogP contribution in [0.3, 0.4) is 0 Å². The van der Waals surface area contributed by atoms with E-state index >= 15 is 0 Å². The highest BCUT2D eigenvalue weighted by Gasteiger charge is 2.44. The minimum atomic E-state index is -0.964. The number of benzene rings is 2. The van der Waals surface area contributed by atoms with Crippen molar-refractivity contribution >= 4 is 17.4 Å². The van der Waals surface area contributed by atoms with Gasteiger partial charge >= 0.3 is 0 Å². The van der Waals surface area contributed by atoms with Crippen LogP contribution in [-0.2, 0) is 14.3 Å². The fourth-order valence-corrected chi connectivity index (χ4v) is 4.23. The zero-order valence-corrected chi connectivity index (χ0v) is 20.9. The molecule has 0 aromatic heterocycles. The van der Waals surface area contributed by atoms with Crippen LogP contribution in [0.4, 0.5) is 0 Å². The molecule has 10 nitrogen and oxygen atoms in total. The third-order valence-corrected chi connectivity index (χ3v) is 5.91. The van der Waals surface area contributed by atoms with E-state index in [1.54, 1.807) is 30.3 Å². The Hall–Kier alpha value is -4.05. The lowest BCUT2D eigenvalue weighted by molar-refractivity contribution is -0.116. The summed E-state index contributed by atoms with van der Waals surface area (Å²) in [6.07, 6.45) is -0.286. The smallest absolute Gasteiger partial charge is 0.231 e. The second kappa shape index (κ2) is 10.3. The number of ketones is 1. The zero-order chi connectivity index (χ0) is 26.0. The largest absolute Gasteiger partial charge is 0.493 e. The molecule has 0 radical (unpaired) electrons. The Balaban J connectivity index is 1.87. The Morgan fingerprint density at radius 3 is 1.78 bits per heavy atom. The summed E-state index contributed by atoms with van der Waals surface area (Å²) in [5, 5.41) is 10.5. The molecule has 10 heteroatoms. The third-order valence-electron chi connectivity index (χ3n) is 5.91. The summed E-state index contributed by atoms with van der Waals surface area (Å²) in [6.45, 7) is -0.0152. The molecule has 0 unspecified atom stereocenters. The highest BCUT2D eigenvalue weighted by atomic mass is 16.6. The molecule has 0 spiro atoms. The Bertz CT molecular complexity index is 1180. The van der Waals surface area contributed by atoms with E-state index in [0.717, 1.165) is 0 Å². The maximum absolute atomic E-state index is 13.8. The Morgan fingerprint density at radius 2 is 1.31 bits per heavy atom. The Labute approximate surface area is 208 Å². The Kier molecular flexibility index (Phi) is 7.16. The van der Waals surface area contributed by atoms with Gasteiger partial charge in [0.2, 0.25) is 17.3 Å². The van der Waals surface area contributed by atoms with Crippen LogP contribution < -0.4 is 28.4 Å². The van der Waals surface area contributed by atoms with Crippen molar-refractivity contribution < 1.29 is 47.8 Å². The molecule has 1 fully saturated rings. The number of hydrogen-bond donors (Lipinski definition) is 1.